The highest BCUT2D eigenvalue weighted by atomic mass is 16.2. The van der Waals surface area contributed by atoms with E-state index in [-0.39, 0.29) is 11.8 Å². The van der Waals surface area contributed by atoms with Gasteiger partial charge in [0.2, 0.25) is 0 Å². The van der Waals surface area contributed by atoms with Crippen LogP contribution in [0, 0.1) is 5.92 Å². The summed E-state index contributed by atoms with van der Waals surface area (Å²) >= 11 is 0. The number of nitrogens with one attached hydrogen (secondary N) is 2. The van der Waals surface area contributed by atoms with E-state index in [2.05, 4.69) is 46.5 Å². The summed E-state index contributed by atoms with van der Waals surface area (Å²) in [6, 6.07) is 10.4. The number of hydrogen-bond acceptors (Lipinski definition) is 6. The van der Waals surface area contributed by atoms with Crippen LogP contribution in [0.1, 0.15) is 38.7 Å². The number of hydrogen-bond donors (Lipinski definition) is 3. The van der Waals surface area contributed by atoms with Gasteiger partial charge in [0.15, 0.2) is 0 Å². The van der Waals surface area contributed by atoms with Crippen LogP contribution < -0.4 is 22.1 Å². The van der Waals surface area contributed by atoms with Crippen molar-refractivity contribution in [1.29, 1.82) is 0 Å². The van der Waals surface area contributed by atoms with E-state index in [1.807, 2.05) is 12.1 Å². The molecule has 2 fully saturated rings. The lowest BCUT2D eigenvalue weighted by Gasteiger charge is -2.38. The maximum Gasteiger partial charge on any atom is 0.354 e. The molecule has 2 amide bonds. The quantitative estimate of drug-likeness (QED) is 0.600. The first-order chi connectivity index (χ1) is 16.4. The first-order valence-corrected chi connectivity index (χ1v) is 12.4. The molecule has 1 saturated heterocycles. The molecule has 0 bridgehead atoms. The Hall–Kier alpha value is -2.75. The summed E-state index contributed by atoms with van der Waals surface area (Å²) < 4.78 is 1.49. The fourth-order valence-corrected chi connectivity index (χ4v) is 4.94. The molecule has 0 radical (unpaired) electrons. The van der Waals surface area contributed by atoms with E-state index in [0.29, 0.717) is 31.1 Å². The normalized spacial score (nSPS) is 23.2. The van der Waals surface area contributed by atoms with Crippen molar-refractivity contribution >= 4 is 11.8 Å². The van der Waals surface area contributed by atoms with Gasteiger partial charge in [-0.05, 0) is 55.5 Å². The fraction of sp³-hybridized carbons (Fsp3) is 0.560. The van der Waals surface area contributed by atoms with Crippen LogP contribution in [0.2, 0.25) is 0 Å². The Balaban J connectivity index is 1.39. The van der Waals surface area contributed by atoms with Crippen molar-refractivity contribution in [1.82, 2.24) is 24.7 Å². The van der Waals surface area contributed by atoms with E-state index in [0.717, 1.165) is 51.1 Å². The molecule has 2 aliphatic rings. The number of benzene rings is 1. The number of piperazine rings is 1. The Labute approximate surface area is 201 Å². The molecule has 1 aromatic heterocycles. The van der Waals surface area contributed by atoms with Gasteiger partial charge in [-0.3, -0.25) is 14.8 Å². The minimum atomic E-state index is -0.423. The Morgan fingerprint density at radius 2 is 1.94 bits per heavy atom. The number of anilines is 1. The molecule has 2 heterocycles. The second-order valence-corrected chi connectivity index (χ2v) is 9.47. The Morgan fingerprint density at radius 1 is 1.21 bits per heavy atom. The van der Waals surface area contributed by atoms with Crippen molar-refractivity contribution in [3.8, 4) is 5.69 Å². The molecule has 9 nitrogen and oxygen atoms in total. The first kappa shape index (κ1) is 24.4. The van der Waals surface area contributed by atoms with Gasteiger partial charge in [0.25, 0.3) is 0 Å². The minimum absolute atomic E-state index is 0.231. The van der Waals surface area contributed by atoms with Gasteiger partial charge in [0.05, 0.1) is 5.69 Å². The zero-order valence-electron chi connectivity index (χ0n) is 20.2. The largest absolute Gasteiger partial charge is 0.354 e. The zero-order valence-corrected chi connectivity index (χ0v) is 20.2. The topological polar surface area (TPSA) is 109 Å². The SMILES string of the molecule is CCN(Cc1ccc(-n2ccc(NC(=O)N3CCNCC3)nc2=O)cc1)C1CC[C@H](N)C(C)C1. The summed E-state index contributed by atoms with van der Waals surface area (Å²) in [6.45, 7) is 9.15. The highest BCUT2D eigenvalue weighted by Gasteiger charge is 2.28. The number of carbonyl (C=O) groups is 1. The molecular weight excluding hydrogens is 430 g/mol. The van der Waals surface area contributed by atoms with Crippen molar-refractivity contribution in [3.63, 3.8) is 0 Å². The van der Waals surface area contributed by atoms with E-state index in [9.17, 15) is 9.59 Å². The lowest BCUT2D eigenvalue weighted by Crippen LogP contribution is -2.48. The third-order valence-corrected chi connectivity index (χ3v) is 7.17. The molecule has 0 spiro atoms. The molecule has 1 aliphatic carbocycles. The third kappa shape index (κ3) is 5.84. The zero-order chi connectivity index (χ0) is 24.1. The average Bonchev–Trinajstić information content (AvgIpc) is 2.85. The van der Waals surface area contributed by atoms with Crippen molar-refractivity contribution in [2.45, 2.75) is 51.7 Å². The van der Waals surface area contributed by atoms with Gasteiger partial charge in [-0.1, -0.05) is 26.0 Å². The van der Waals surface area contributed by atoms with Gasteiger partial charge in [-0.25, -0.2) is 9.59 Å². The molecule has 2 unspecified atom stereocenters. The van der Waals surface area contributed by atoms with Crippen LogP contribution in [0.15, 0.2) is 41.3 Å². The van der Waals surface area contributed by atoms with E-state index < -0.39 is 5.69 Å². The van der Waals surface area contributed by atoms with Gasteiger partial charge in [-0.2, -0.15) is 4.98 Å². The predicted octanol–water partition coefficient (Wildman–Crippen LogP) is 2.01. The summed E-state index contributed by atoms with van der Waals surface area (Å²) in [6.07, 6.45) is 5.04. The molecule has 3 atom stereocenters. The summed E-state index contributed by atoms with van der Waals surface area (Å²) in [5.41, 5.74) is 7.75. The minimum Gasteiger partial charge on any atom is -0.327 e. The second-order valence-electron chi connectivity index (χ2n) is 9.47. The van der Waals surface area contributed by atoms with Crippen LogP contribution in [0.5, 0.6) is 0 Å². The van der Waals surface area contributed by atoms with E-state index in [1.165, 1.54) is 10.1 Å². The number of urea groups is 1. The molecule has 1 saturated carbocycles. The standard InChI is InChI=1S/C25H37N7O2/c1-3-30(21-8-9-22(26)18(2)16-21)17-19-4-6-20(7-5-19)32-13-10-23(29-25(32)34)28-24(33)31-14-11-27-12-15-31/h4-7,10,13,18,21-22,27H,3,8-9,11-12,14-17,26H2,1-2H3,(H,28,29,33,34)/t18?,21?,22-/m0/s1. The summed E-state index contributed by atoms with van der Waals surface area (Å²) in [7, 11) is 0. The highest BCUT2D eigenvalue weighted by Crippen LogP contribution is 2.27. The van der Waals surface area contributed by atoms with Crippen LogP contribution in [-0.2, 0) is 6.54 Å². The second kappa shape index (κ2) is 11.1. The number of aromatic nitrogens is 2. The number of nitrogens with zero attached hydrogens (tertiary/aromatic N) is 4. The highest BCUT2D eigenvalue weighted by molar-refractivity contribution is 5.88. The van der Waals surface area contributed by atoms with Gasteiger partial charge in [0, 0.05) is 51.0 Å². The van der Waals surface area contributed by atoms with Gasteiger partial charge >= 0.3 is 11.7 Å². The molecule has 4 N–H and O–H groups in total. The van der Waals surface area contributed by atoms with E-state index in [4.69, 9.17) is 5.73 Å². The monoisotopic (exact) mass is 467 g/mol. The van der Waals surface area contributed by atoms with E-state index >= 15 is 0 Å². The lowest BCUT2D eigenvalue weighted by molar-refractivity contribution is 0.123. The smallest absolute Gasteiger partial charge is 0.327 e. The summed E-state index contributed by atoms with van der Waals surface area (Å²) in [5, 5.41) is 5.93. The van der Waals surface area contributed by atoms with Gasteiger partial charge in [-0.15, -0.1) is 0 Å². The Morgan fingerprint density at radius 3 is 2.59 bits per heavy atom. The third-order valence-electron chi connectivity index (χ3n) is 7.17. The number of amides is 2. The summed E-state index contributed by atoms with van der Waals surface area (Å²) in [5.74, 6) is 0.820. The maximum atomic E-state index is 12.6. The van der Waals surface area contributed by atoms with Crippen LogP contribution in [0.3, 0.4) is 0 Å². The average molecular weight is 468 g/mol. The van der Waals surface area contributed by atoms with Crippen molar-refractivity contribution < 1.29 is 4.79 Å². The van der Waals surface area contributed by atoms with Crippen LogP contribution in [0.25, 0.3) is 5.69 Å². The molecule has 34 heavy (non-hydrogen) atoms. The number of rotatable bonds is 6. The Bertz CT molecular complexity index is 1020. The number of carbonyl (C=O) groups excluding carboxylic acids is 1. The van der Waals surface area contributed by atoms with Crippen molar-refractivity contribution in [2.24, 2.45) is 11.7 Å². The van der Waals surface area contributed by atoms with Crippen LogP contribution in [-0.4, -0.2) is 70.2 Å². The van der Waals surface area contributed by atoms with Crippen molar-refractivity contribution in [2.75, 3.05) is 38.0 Å². The maximum absolute atomic E-state index is 12.6. The van der Waals surface area contributed by atoms with Gasteiger partial charge in [0.1, 0.15) is 5.82 Å². The van der Waals surface area contributed by atoms with Crippen molar-refractivity contribution in [3.05, 3.63) is 52.6 Å². The van der Waals surface area contributed by atoms with E-state index in [1.54, 1.807) is 17.2 Å². The molecule has 4 rings (SSSR count). The fourth-order valence-electron chi connectivity index (χ4n) is 4.94. The van der Waals surface area contributed by atoms with Crippen LogP contribution >= 0.6 is 0 Å². The molecule has 9 heteroatoms. The number of nitrogens with two attached hydrogens (primary N) is 1. The molecule has 184 valence electrons. The Kier molecular flexibility index (Phi) is 7.97. The molecular formula is C25H37N7O2. The summed E-state index contributed by atoms with van der Waals surface area (Å²) in [4.78, 5) is 33.3. The predicted molar refractivity (Wildman–Crippen MR) is 134 cm³/mol. The first-order valence-electron chi connectivity index (χ1n) is 12.4. The van der Waals surface area contributed by atoms with Crippen LogP contribution in [0.4, 0.5) is 10.6 Å². The lowest BCUT2D eigenvalue weighted by atomic mass is 9.82. The van der Waals surface area contributed by atoms with Gasteiger partial charge < -0.3 is 16.0 Å². The molecule has 1 aromatic carbocycles. The molecule has 2 aromatic rings. The molecule has 1 aliphatic heterocycles.